The van der Waals surface area contributed by atoms with Gasteiger partial charge in [0.05, 0.1) is 0 Å². The molecule has 0 spiro atoms. The van der Waals surface area contributed by atoms with Crippen molar-refractivity contribution in [3.8, 4) is 0 Å². The van der Waals surface area contributed by atoms with Gasteiger partial charge in [0.2, 0.25) is 0 Å². The largest absolute Gasteiger partial charge is 0.458 e. The number of alkyl halides is 1. The van der Waals surface area contributed by atoms with E-state index in [1.165, 1.54) is 24.8 Å². The molecule has 0 N–H and O–H groups in total. The van der Waals surface area contributed by atoms with Crippen LogP contribution in [-0.4, -0.2) is 16.5 Å². The molecular weight excluding hydrogens is 315 g/mol. The number of carbonyl (C=O) groups is 1. The van der Waals surface area contributed by atoms with Gasteiger partial charge >= 0.3 is 5.97 Å². The Morgan fingerprint density at radius 3 is 2.56 bits per heavy atom. The van der Waals surface area contributed by atoms with Gasteiger partial charge in [0.1, 0.15) is 6.10 Å². The Bertz CT molecular complexity index is 296. The SMILES string of the molecule is O=C1OC(CI)CCCCC2=C1CCCC2. The van der Waals surface area contributed by atoms with Gasteiger partial charge in [-0.15, -0.1) is 0 Å². The van der Waals surface area contributed by atoms with Crippen molar-refractivity contribution in [3.05, 3.63) is 11.1 Å². The highest BCUT2D eigenvalue weighted by molar-refractivity contribution is 14.1. The van der Waals surface area contributed by atoms with E-state index in [1.807, 2.05) is 0 Å². The Labute approximate surface area is 111 Å². The van der Waals surface area contributed by atoms with E-state index in [2.05, 4.69) is 22.6 Å². The summed E-state index contributed by atoms with van der Waals surface area (Å²) in [6, 6.07) is 0. The molecule has 0 radical (unpaired) electrons. The van der Waals surface area contributed by atoms with Crippen LogP contribution in [0.4, 0.5) is 0 Å². The van der Waals surface area contributed by atoms with Crippen LogP contribution < -0.4 is 0 Å². The summed E-state index contributed by atoms with van der Waals surface area (Å²) < 4.78 is 6.51. The van der Waals surface area contributed by atoms with Gasteiger partial charge in [0, 0.05) is 10.0 Å². The molecule has 16 heavy (non-hydrogen) atoms. The lowest BCUT2D eigenvalue weighted by atomic mass is 9.89. The van der Waals surface area contributed by atoms with E-state index in [0.717, 1.165) is 42.1 Å². The molecule has 1 aliphatic carbocycles. The molecule has 3 heteroatoms. The van der Waals surface area contributed by atoms with E-state index in [0.29, 0.717) is 0 Å². The van der Waals surface area contributed by atoms with E-state index in [9.17, 15) is 4.79 Å². The number of cyclic esters (lactones) is 1. The van der Waals surface area contributed by atoms with Crippen molar-refractivity contribution < 1.29 is 9.53 Å². The minimum atomic E-state index is -0.0155. The monoisotopic (exact) mass is 334 g/mol. The summed E-state index contributed by atoms with van der Waals surface area (Å²) in [5.74, 6) is -0.0155. The average molecular weight is 334 g/mol. The zero-order valence-corrected chi connectivity index (χ0v) is 11.8. The number of esters is 1. The van der Waals surface area contributed by atoms with Gasteiger partial charge in [-0.25, -0.2) is 4.79 Å². The number of hydrogen-bond acceptors (Lipinski definition) is 2. The highest BCUT2D eigenvalue weighted by Crippen LogP contribution is 2.31. The van der Waals surface area contributed by atoms with E-state index in [4.69, 9.17) is 4.74 Å². The number of ether oxygens (including phenoxy) is 1. The van der Waals surface area contributed by atoms with Crippen LogP contribution in [-0.2, 0) is 9.53 Å². The summed E-state index contributed by atoms with van der Waals surface area (Å²) >= 11 is 2.31. The van der Waals surface area contributed by atoms with Crippen LogP contribution in [0.3, 0.4) is 0 Å². The van der Waals surface area contributed by atoms with Crippen molar-refractivity contribution >= 4 is 28.6 Å². The van der Waals surface area contributed by atoms with Crippen LogP contribution in [0, 0.1) is 0 Å². The van der Waals surface area contributed by atoms with Crippen molar-refractivity contribution in [2.75, 3.05) is 4.43 Å². The normalized spacial score (nSPS) is 27.6. The number of rotatable bonds is 1. The lowest BCUT2D eigenvalue weighted by Gasteiger charge is -2.19. The quantitative estimate of drug-likeness (QED) is 0.414. The molecule has 1 unspecified atom stereocenters. The minimum absolute atomic E-state index is 0.0155. The molecule has 0 saturated carbocycles. The van der Waals surface area contributed by atoms with Gasteiger partial charge in [0.15, 0.2) is 0 Å². The fourth-order valence-electron chi connectivity index (χ4n) is 2.59. The molecular formula is C13H19IO2. The molecule has 2 rings (SSSR count). The van der Waals surface area contributed by atoms with Crippen LogP contribution in [0.15, 0.2) is 11.1 Å². The third-order valence-corrected chi connectivity index (χ3v) is 4.51. The van der Waals surface area contributed by atoms with Gasteiger partial charge in [-0.3, -0.25) is 0 Å². The second-order valence-electron chi connectivity index (χ2n) is 4.72. The molecule has 0 fully saturated rings. The van der Waals surface area contributed by atoms with Crippen molar-refractivity contribution in [1.82, 2.24) is 0 Å². The predicted octanol–water partition coefficient (Wildman–Crippen LogP) is 3.78. The maximum atomic E-state index is 12.0. The van der Waals surface area contributed by atoms with E-state index < -0.39 is 0 Å². The van der Waals surface area contributed by atoms with E-state index in [1.54, 1.807) is 0 Å². The van der Waals surface area contributed by atoms with Crippen molar-refractivity contribution in [2.24, 2.45) is 0 Å². The fourth-order valence-corrected chi connectivity index (χ4v) is 3.21. The van der Waals surface area contributed by atoms with Crippen molar-refractivity contribution in [3.63, 3.8) is 0 Å². The first-order valence-electron chi connectivity index (χ1n) is 6.29. The first-order valence-corrected chi connectivity index (χ1v) is 7.81. The molecule has 1 heterocycles. The molecule has 1 atom stereocenters. The Morgan fingerprint density at radius 2 is 1.81 bits per heavy atom. The third-order valence-electron chi connectivity index (χ3n) is 3.53. The van der Waals surface area contributed by atoms with Crippen LogP contribution in [0.2, 0.25) is 0 Å². The summed E-state index contributed by atoms with van der Waals surface area (Å²) in [4.78, 5) is 12.0. The molecule has 0 bridgehead atoms. The smallest absolute Gasteiger partial charge is 0.334 e. The zero-order chi connectivity index (χ0) is 11.4. The molecule has 0 aromatic carbocycles. The van der Waals surface area contributed by atoms with Gasteiger partial charge < -0.3 is 4.74 Å². The lowest BCUT2D eigenvalue weighted by molar-refractivity contribution is -0.143. The molecule has 2 nitrogen and oxygen atoms in total. The summed E-state index contributed by atoms with van der Waals surface area (Å²) in [5, 5.41) is 0. The highest BCUT2D eigenvalue weighted by atomic mass is 127. The van der Waals surface area contributed by atoms with Crippen LogP contribution in [0.5, 0.6) is 0 Å². The average Bonchev–Trinajstić information content (AvgIpc) is 2.39. The maximum Gasteiger partial charge on any atom is 0.334 e. The first-order chi connectivity index (χ1) is 7.81. The number of carbonyl (C=O) groups excluding carboxylic acids is 1. The van der Waals surface area contributed by atoms with E-state index >= 15 is 0 Å². The van der Waals surface area contributed by atoms with Gasteiger partial charge in [0.25, 0.3) is 0 Å². The van der Waals surface area contributed by atoms with Crippen LogP contribution >= 0.6 is 22.6 Å². The molecule has 0 amide bonds. The summed E-state index contributed by atoms with van der Waals surface area (Å²) in [5.41, 5.74) is 2.41. The van der Waals surface area contributed by atoms with Gasteiger partial charge in [-0.05, 0) is 51.4 Å². The standard InChI is InChI=1S/C13H19IO2/c14-9-11-7-3-1-5-10-6-2-4-8-12(10)13(15)16-11/h11H,1-9H2. The Kier molecular flexibility index (Phi) is 4.67. The summed E-state index contributed by atoms with van der Waals surface area (Å²) in [6.07, 6.45) is 9.20. The first kappa shape index (κ1) is 12.4. The summed E-state index contributed by atoms with van der Waals surface area (Å²) in [7, 11) is 0. The number of hydrogen-bond donors (Lipinski definition) is 0. The molecule has 1 aliphatic heterocycles. The molecule has 90 valence electrons. The van der Waals surface area contributed by atoms with Crippen molar-refractivity contribution in [1.29, 1.82) is 0 Å². The van der Waals surface area contributed by atoms with Crippen molar-refractivity contribution in [2.45, 2.75) is 57.5 Å². The molecule has 2 aliphatic rings. The second kappa shape index (κ2) is 6.03. The molecule has 0 saturated heterocycles. The predicted molar refractivity (Wildman–Crippen MR) is 72.7 cm³/mol. The second-order valence-corrected chi connectivity index (χ2v) is 5.60. The molecule has 0 aromatic heterocycles. The third kappa shape index (κ3) is 2.99. The van der Waals surface area contributed by atoms with Crippen LogP contribution in [0.1, 0.15) is 51.4 Å². The Balaban J connectivity index is 2.15. The minimum Gasteiger partial charge on any atom is -0.458 e. The lowest BCUT2D eigenvalue weighted by Crippen LogP contribution is -2.21. The highest BCUT2D eigenvalue weighted by Gasteiger charge is 2.24. The Morgan fingerprint density at radius 1 is 1.12 bits per heavy atom. The molecule has 0 aromatic rings. The summed E-state index contributed by atoms with van der Waals surface area (Å²) in [6.45, 7) is 0. The van der Waals surface area contributed by atoms with Gasteiger partial charge in [-0.1, -0.05) is 28.2 Å². The van der Waals surface area contributed by atoms with E-state index in [-0.39, 0.29) is 12.1 Å². The van der Waals surface area contributed by atoms with Gasteiger partial charge in [-0.2, -0.15) is 0 Å². The number of halogens is 1. The van der Waals surface area contributed by atoms with Crippen LogP contribution in [0.25, 0.3) is 0 Å². The fraction of sp³-hybridized carbons (Fsp3) is 0.769. The number of allylic oxidation sites excluding steroid dienone is 1. The zero-order valence-electron chi connectivity index (χ0n) is 9.64. The topological polar surface area (TPSA) is 26.3 Å². The Hall–Kier alpha value is -0.0600. The maximum absolute atomic E-state index is 12.0.